The molecule has 8 heteroatoms. The van der Waals surface area contributed by atoms with Gasteiger partial charge in [0.1, 0.15) is 5.75 Å². The predicted molar refractivity (Wildman–Crippen MR) is 91.1 cm³/mol. The Labute approximate surface area is 143 Å². The number of phenols is 1. The number of rotatable bonds is 7. The van der Waals surface area contributed by atoms with Crippen LogP contribution in [-0.2, 0) is 10.0 Å². The van der Waals surface area contributed by atoms with Gasteiger partial charge in [-0.1, -0.05) is 0 Å². The number of halogens is 2. The lowest BCUT2D eigenvalue weighted by Gasteiger charge is -2.18. The topological polar surface area (TPSA) is 60.9 Å². The van der Waals surface area contributed by atoms with Gasteiger partial charge in [0.15, 0.2) is 0 Å². The number of hydrogen-bond acceptors (Lipinski definition) is 4. The zero-order valence-corrected chi connectivity index (χ0v) is 16.3. The Morgan fingerprint density at radius 3 is 2.00 bits per heavy atom. The van der Waals surface area contributed by atoms with Crippen molar-refractivity contribution in [2.75, 3.05) is 34.2 Å². The molecule has 1 aromatic carbocycles. The maximum Gasteiger partial charge on any atom is 0.242 e. The van der Waals surface area contributed by atoms with Gasteiger partial charge in [0.25, 0.3) is 0 Å². The summed E-state index contributed by atoms with van der Waals surface area (Å²) < 4.78 is 27.0. The molecular weight excluding hydrogens is 424 g/mol. The molecule has 0 bridgehead atoms. The summed E-state index contributed by atoms with van der Waals surface area (Å²) in [5.41, 5.74) is 0. The van der Waals surface area contributed by atoms with E-state index in [1.54, 1.807) is 7.05 Å². The Balaban J connectivity index is 2.81. The molecule has 21 heavy (non-hydrogen) atoms. The number of aromatic hydroxyl groups is 1. The van der Waals surface area contributed by atoms with Gasteiger partial charge in [0, 0.05) is 13.6 Å². The summed E-state index contributed by atoms with van der Waals surface area (Å²) in [4.78, 5) is 2.22. The second kappa shape index (κ2) is 7.92. The van der Waals surface area contributed by atoms with Crippen LogP contribution in [0.4, 0.5) is 0 Å². The first kappa shape index (κ1) is 18.9. The third-order valence-electron chi connectivity index (χ3n) is 3.03. The SMILES string of the molecule is CN(C)CCCCN(C)S(=O)(=O)c1cc(Br)c(O)c(Br)c1. The zero-order chi connectivity index (χ0) is 16.2. The molecule has 0 atom stereocenters. The minimum absolute atomic E-state index is 0.0115. The molecule has 1 rings (SSSR count). The lowest BCUT2D eigenvalue weighted by Crippen LogP contribution is -2.28. The minimum Gasteiger partial charge on any atom is -0.506 e. The number of nitrogens with zero attached hydrogens (tertiary/aromatic N) is 2. The van der Waals surface area contributed by atoms with E-state index in [2.05, 4.69) is 36.8 Å². The fourth-order valence-electron chi connectivity index (χ4n) is 1.75. The molecule has 0 heterocycles. The highest BCUT2D eigenvalue weighted by Gasteiger charge is 2.22. The minimum atomic E-state index is -3.55. The van der Waals surface area contributed by atoms with Crippen molar-refractivity contribution in [2.24, 2.45) is 0 Å². The van der Waals surface area contributed by atoms with E-state index in [1.165, 1.54) is 16.4 Å². The molecule has 0 aromatic heterocycles. The van der Waals surface area contributed by atoms with Gasteiger partial charge >= 0.3 is 0 Å². The van der Waals surface area contributed by atoms with Crippen LogP contribution in [0, 0.1) is 0 Å². The van der Waals surface area contributed by atoms with Gasteiger partial charge in [-0.05, 0) is 77.5 Å². The molecule has 0 aliphatic carbocycles. The van der Waals surface area contributed by atoms with Crippen LogP contribution in [-0.4, -0.2) is 57.0 Å². The average Bonchev–Trinajstić information content (AvgIpc) is 2.39. The summed E-state index contributed by atoms with van der Waals surface area (Å²) in [6, 6.07) is 2.82. The zero-order valence-electron chi connectivity index (χ0n) is 12.3. The Bertz CT molecular complexity index is 568. The fourth-order valence-corrected chi connectivity index (χ4v) is 4.51. The standard InChI is InChI=1S/C13H20Br2N2O3S/c1-16(2)6-4-5-7-17(3)21(19,20)10-8-11(14)13(18)12(15)9-10/h8-9,18H,4-7H2,1-3H3. The molecule has 5 nitrogen and oxygen atoms in total. The van der Waals surface area contributed by atoms with E-state index in [9.17, 15) is 13.5 Å². The van der Waals surface area contributed by atoms with Crippen LogP contribution < -0.4 is 0 Å². The second-order valence-electron chi connectivity index (χ2n) is 5.07. The van der Waals surface area contributed by atoms with Crippen LogP contribution >= 0.6 is 31.9 Å². The maximum absolute atomic E-state index is 12.5. The van der Waals surface area contributed by atoms with E-state index >= 15 is 0 Å². The van der Waals surface area contributed by atoms with Gasteiger partial charge in [-0.25, -0.2) is 12.7 Å². The van der Waals surface area contributed by atoms with Crippen molar-refractivity contribution in [3.05, 3.63) is 21.1 Å². The third-order valence-corrected chi connectivity index (χ3v) is 6.07. The summed E-state index contributed by atoms with van der Waals surface area (Å²) in [7, 11) is 2.00. The number of hydrogen-bond donors (Lipinski definition) is 1. The van der Waals surface area contributed by atoms with Gasteiger partial charge in [0.05, 0.1) is 13.8 Å². The van der Waals surface area contributed by atoms with Gasteiger partial charge in [-0.3, -0.25) is 0 Å². The average molecular weight is 444 g/mol. The molecular formula is C13H20Br2N2O3S. The molecule has 0 amide bonds. The fraction of sp³-hybridized carbons (Fsp3) is 0.538. The molecule has 0 saturated heterocycles. The van der Waals surface area contributed by atoms with E-state index in [1.807, 2.05) is 14.1 Å². The van der Waals surface area contributed by atoms with Crippen LogP contribution in [0.15, 0.2) is 26.0 Å². The van der Waals surface area contributed by atoms with Crippen molar-refractivity contribution in [2.45, 2.75) is 17.7 Å². The Morgan fingerprint density at radius 1 is 1.05 bits per heavy atom. The number of sulfonamides is 1. The van der Waals surface area contributed by atoms with Gasteiger partial charge in [0.2, 0.25) is 10.0 Å². The molecule has 0 unspecified atom stereocenters. The van der Waals surface area contributed by atoms with Gasteiger partial charge in [-0.2, -0.15) is 0 Å². The summed E-state index contributed by atoms with van der Waals surface area (Å²) >= 11 is 6.30. The summed E-state index contributed by atoms with van der Waals surface area (Å²) in [5, 5.41) is 9.65. The maximum atomic E-state index is 12.5. The molecule has 0 aliphatic heterocycles. The first-order chi connectivity index (χ1) is 9.66. The van der Waals surface area contributed by atoms with Crippen molar-refractivity contribution in [1.29, 1.82) is 0 Å². The Kier molecular flexibility index (Phi) is 7.12. The molecule has 1 N–H and O–H groups in total. The van der Waals surface area contributed by atoms with Crippen LogP contribution in [0.3, 0.4) is 0 Å². The predicted octanol–water partition coefficient (Wildman–Crippen LogP) is 2.88. The van der Waals surface area contributed by atoms with Crippen LogP contribution in [0.2, 0.25) is 0 Å². The lowest BCUT2D eigenvalue weighted by atomic mass is 10.3. The highest BCUT2D eigenvalue weighted by molar-refractivity contribution is 9.11. The monoisotopic (exact) mass is 442 g/mol. The van der Waals surface area contributed by atoms with Gasteiger partial charge < -0.3 is 10.0 Å². The smallest absolute Gasteiger partial charge is 0.242 e. The van der Waals surface area contributed by atoms with Gasteiger partial charge in [-0.15, -0.1) is 0 Å². The quantitative estimate of drug-likeness (QED) is 0.658. The largest absolute Gasteiger partial charge is 0.506 e. The molecule has 0 radical (unpaired) electrons. The molecule has 0 saturated carbocycles. The Hall–Kier alpha value is -0.150. The van der Waals surface area contributed by atoms with E-state index in [-0.39, 0.29) is 10.6 Å². The van der Waals surface area contributed by atoms with Crippen LogP contribution in [0.5, 0.6) is 5.75 Å². The third kappa shape index (κ3) is 5.21. The van der Waals surface area contributed by atoms with E-state index < -0.39 is 10.0 Å². The van der Waals surface area contributed by atoms with Crippen LogP contribution in [0.1, 0.15) is 12.8 Å². The summed E-state index contributed by atoms with van der Waals surface area (Å²) in [6.07, 6.45) is 1.74. The first-order valence-corrected chi connectivity index (χ1v) is 9.48. The molecule has 0 spiro atoms. The second-order valence-corrected chi connectivity index (χ2v) is 8.83. The highest BCUT2D eigenvalue weighted by atomic mass is 79.9. The number of benzene rings is 1. The van der Waals surface area contributed by atoms with E-state index in [0.717, 1.165) is 19.4 Å². The molecule has 120 valence electrons. The molecule has 0 aliphatic rings. The van der Waals surface area contributed by atoms with Crippen molar-refractivity contribution >= 4 is 41.9 Å². The molecule has 1 aromatic rings. The highest BCUT2D eigenvalue weighted by Crippen LogP contribution is 2.35. The van der Waals surface area contributed by atoms with Crippen LogP contribution in [0.25, 0.3) is 0 Å². The molecule has 0 fully saturated rings. The normalized spacial score (nSPS) is 12.3. The van der Waals surface area contributed by atoms with Crippen molar-refractivity contribution < 1.29 is 13.5 Å². The van der Waals surface area contributed by atoms with Crippen molar-refractivity contribution in [3.8, 4) is 5.75 Å². The summed E-state index contributed by atoms with van der Waals surface area (Å²) in [5.74, 6) is -0.0115. The van der Waals surface area contributed by atoms with E-state index in [4.69, 9.17) is 0 Å². The first-order valence-electron chi connectivity index (χ1n) is 6.45. The summed E-state index contributed by atoms with van der Waals surface area (Å²) in [6.45, 7) is 1.40. The number of phenolic OH excluding ortho intramolecular Hbond substituents is 1. The Morgan fingerprint density at radius 2 is 1.52 bits per heavy atom. The van der Waals surface area contributed by atoms with Crippen molar-refractivity contribution in [3.63, 3.8) is 0 Å². The van der Waals surface area contributed by atoms with Crippen molar-refractivity contribution in [1.82, 2.24) is 9.21 Å². The van der Waals surface area contributed by atoms with E-state index in [0.29, 0.717) is 15.5 Å². The lowest BCUT2D eigenvalue weighted by molar-refractivity contribution is 0.378. The number of unbranched alkanes of at least 4 members (excludes halogenated alkanes) is 1.